The number of aliphatic hydroxyl groups excluding tert-OH is 1. The molecule has 8 nitrogen and oxygen atoms in total. The van der Waals surface area contributed by atoms with Crippen LogP contribution in [-0.4, -0.2) is 74.5 Å². The van der Waals surface area contributed by atoms with Crippen LogP contribution in [0.15, 0.2) is 0 Å². The van der Waals surface area contributed by atoms with Crippen LogP contribution in [0.2, 0.25) is 0 Å². The van der Waals surface area contributed by atoms with Crippen LogP contribution in [0.25, 0.3) is 0 Å². The summed E-state index contributed by atoms with van der Waals surface area (Å²) < 4.78 is 35.2. The van der Waals surface area contributed by atoms with Gasteiger partial charge in [0.2, 0.25) is 0 Å². The lowest BCUT2D eigenvalue weighted by atomic mass is 9.68. The van der Waals surface area contributed by atoms with Crippen molar-refractivity contribution >= 4 is 5.97 Å². The van der Waals surface area contributed by atoms with E-state index in [-0.39, 0.29) is 31.0 Å². The van der Waals surface area contributed by atoms with E-state index in [4.69, 9.17) is 28.4 Å². The summed E-state index contributed by atoms with van der Waals surface area (Å²) in [6, 6.07) is 0. The quantitative estimate of drug-likeness (QED) is 0.669. The van der Waals surface area contributed by atoms with Crippen LogP contribution >= 0.6 is 0 Å². The first kappa shape index (κ1) is 20.5. The Kier molecular flexibility index (Phi) is 6.25. The van der Waals surface area contributed by atoms with Gasteiger partial charge in [0.15, 0.2) is 11.6 Å². The maximum absolute atomic E-state index is 11.6. The Morgan fingerprint density at radius 2 is 2.07 bits per heavy atom. The number of hydrogen-bond acceptors (Lipinski definition) is 8. The minimum Gasteiger partial charge on any atom is -0.466 e. The highest BCUT2D eigenvalue weighted by molar-refractivity contribution is 5.69. The van der Waals surface area contributed by atoms with Gasteiger partial charge in [0, 0.05) is 24.7 Å². The van der Waals surface area contributed by atoms with Gasteiger partial charge in [0.1, 0.15) is 6.61 Å². The number of fused-ring (bicyclic) bond motifs is 3. The first-order chi connectivity index (χ1) is 13.6. The topological polar surface area (TPSA) is 92.7 Å². The van der Waals surface area contributed by atoms with E-state index in [1.807, 2.05) is 0 Å². The zero-order chi connectivity index (χ0) is 19.6. The molecule has 1 aliphatic carbocycles. The van der Waals surface area contributed by atoms with Gasteiger partial charge in [-0.3, -0.25) is 4.79 Å². The van der Waals surface area contributed by atoms with Crippen LogP contribution in [0, 0.1) is 11.8 Å². The van der Waals surface area contributed by atoms with E-state index in [0.29, 0.717) is 33.0 Å². The number of rotatable bonds is 6. The van der Waals surface area contributed by atoms with E-state index in [0.717, 1.165) is 32.1 Å². The zero-order valence-corrected chi connectivity index (χ0v) is 16.6. The lowest BCUT2D eigenvalue weighted by Crippen LogP contribution is -2.62. The van der Waals surface area contributed by atoms with Crippen LogP contribution in [-0.2, 0) is 33.2 Å². The van der Waals surface area contributed by atoms with Gasteiger partial charge in [-0.2, -0.15) is 0 Å². The fourth-order valence-electron chi connectivity index (χ4n) is 5.19. The van der Waals surface area contributed by atoms with Crippen molar-refractivity contribution in [3.8, 4) is 0 Å². The lowest BCUT2D eigenvalue weighted by molar-refractivity contribution is -0.361. The highest BCUT2D eigenvalue weighted by atomic mass is 16.8. The molecule has 5 atom stereocenters. The molecule has 1 saturated carbocycles. The van der Waals surface area contributed by atoms with Crippen LogP contribution < -0.4 is 0 Å². The fraction of sp³-hybridized carbons (Fsp3) is 0.950. The number of ether oxygens (including phenoxy) is 6. The molecule has 0 aromatic heterocycles. The summed E-state index contributed by atoms with van der Waals surface area (Å²) in [5.41, 5.74) is 0. The molecule has 4 aliphatic rings. The molecule has 0 aromatic rings. The Hall–Kier alpha value is -0.770. The smallest absolute Gasteiger partial charge is 0.308 e. The van der Waals surface area contributed by atoms with Gasteiger partial charge >= 0.3 is 5.97 Å². The Morgan fingerprint density at radius 1 is 1.25 bits per heavy atom. The van der Waals surface area contributed by atoms with E-state index in [1.165, 1.54) is 0 Å². The molecule has 3 aliphatic heterocycles. The molecule has 0 amide bonds. The Bertz CT molecular complexity index is 548. The molecular formula is C20H32O8. The van der Waals surface area contributed by atoms with E-state index in [2.05, 4.69) is 0 Å². The molecule has 3 heterocycles. The predicted octanol–water partition coefficient (Wildman–Crippen LogP) is 1.38. The van der Waals surface area contributed by atoms with E-state index in [9.17, 15) is 9.90 Å². The summed E-state index contributed by atoms with van der Waals surface area (Å²) in [6.45, 7) is 4.20. The molecule has 1 N–H and O–H groups in total. The van der Waals surface area contributed by atoms with Crippen LogP contribution in [0.5, 0.6) is 0 Å². The van der Waals surface area contributed by atoms with Gasteiger partial charge in [-0.25, -0.2) is 0 Å². The second-order valence-corrected chi connectivity index (χ2v) is 8.27. The third-order valence-electron chi connectivity index (χ3n) is 6.45. The normalized spacial score (nSPS) is 37.9. The molecule has 1 spiro atoms. The number of aliphatic hydroxyl groups is 1. The van der Waals surface area contributed by atoms with Crippen molar-refractivity contribution in [3.05, 3.63) is 0 Å². The molecule has 0 unspecified atom stereocenters. The largest absolute Gasteiger partial charge is 0.466 e. The van der Waals surface area contributed by atoms with Gasteiger partial charge in [0.25, 0.3) is 0 Å². The average molecular weight is 400 g/mol. The van der Waals surface area contributed by atoms with E-state index < -0.39 is 23.6 Å². The molecular weight excluding hydrogens is 368 g/mol. The van der Waals surface area contributed by atoms with E-state index >= 15 is 0 Å². The first-order valence-electron chi connectivity index (χ1n) is 10.6. The minimum atomic E-state index is -0.909. The summed E-state index contributed by atoms with van der Waals surface area (Å²) in [6.07, 6.45) is 3.70. The Balaban J connectivity index is 1.42. The van der Waals surface area contributed by atoms with Crippen molar-refractivity contribution in [1.82, 2.24) is 0 Å². The third kappa shape index (κ3) is 4.08. The monoisotopic (exact) mass is 400 g/mol. The van der Waals surface area contributed by atoms with Gasteiger partial charge in [-0.15, -0.1) is 0 Å². The average Bonchev–Trinajstić information content (AvgIpc) is 3.14. The molecule has 28 heavy (non-hydrogen) atoms. The number of hydrogen-bond donors (Lipinski definition) is 1. The van der Waals surface area contributed by atoms with E-state index in [1.54, 1.807) is 6.92 Å². The zero-order valence-electron chi connectivity index (χ0n) is 16.6. The molecule has 4 fully saturated rings. The van der Waals surface area contributed by atoms with Gasteiger partial charge < -0.3 is 33.5 Å². The summed E-state index contributed by atoms with van der Waals surface area (Å²) in [5.74, 6) is -1.41. The second kappa shape index (κ2) is 8.53. The van der Waals surface area contributed by atoms with Crippen molar-refractivity contribution in [2.24, 2.45) is 11.8 Å². The van der Waals surface area contributed by atoms with Crippen molar-refractivity contribution in [2.75, 3.05) is 39.6 Å². The van der Waals surface area contributed by atoms with Crippen molar-refractivity contribution in [3.63, 3.8) is 0 Å². The summed E-state index contributed by atoms with van der Waals surface area (Å²) in [5, 5.41) is 10.2. The third-order valence-corrected chi connectivity index (χ3v) is 6.45. The first-order valence-corrected chi connectivity index (χ1v) is 10.6. The van der Waals surface area contributed by atoms with Gasteiger partial charge in [-0.05, 0) is 19.8 Å². The highest BCUT2D eigenvalue weighted by Gasteiger charge is 2.58. The van der Waals surface area contributed by atoms with Gasteiger partial charge in [-0.1, -0.05) is 6.42 Å². The maximum Gasteiger partial charge on any atom is 0.308 e. The molecule has 8 heteroatoms. The maximum atomic E-state index is 11.6. The van der Waals surface area contributed by atoms with Gasteiger partial charge in [0.05, 0.1) is 51.7 Å². The number of carbonyl (C=O) groups is 1. The van der Waals surface area contributed by atoms with Crippen LogP contribution in [0.1, 0.15) is 45.4 Å². The number of carbonyl (C=O) groups excluding carboxylic acids is 1. The molecule has 0 radical (unpaired) electrons. The Labute approximate surface area is 165 Å². The van der Waals surface area contributed by atoms with Crippen molar-refractivity contribution in [1.29, 1.82) is 0 Å². The second-order valence-electron chi connectivity index (χ2n) is 8.27. The lowest BCUT2D eigenvalue weighted by Gasteiger charge is -2.55. The fourth-order valence-corrected chi connectivity index (χ4v) is 5.19. The summed E-state index contributed by atoms with van der Waals surface area (Å²) >= 11 is 0. The molecule has 160 valence electrons. The van der Waals surface area contributed by atoms with Crippen LogP contribution in [0.4, 0.5) is 0 Å². The molecule has 4 rings (SSSR count). The summed E-state index contributed by atoms with van der Waals surface area (Å²) in [4.78, 5) is 11.6. The predicted molar refractivity (Wildman–Crippen MR) is 96.3 cm³/mol. The minimum absolute atomic E-state index is 0.0164. The number of esters is 1. The molecule has 0 aromatic carbocycles. The molecule has 0 bridgehead atoms. The van der Waals surface area contributed by atoms with Crippen molar-refractivity contribution < 1.29 is 38.3 Å². The van der Waals surface area contributed by atoms with Crippen LogP contribution in [0.3, 0.4) is 0 Å². The standard InChI is InChI=1S/C20H32O8/c1-2-23-18(22)9-14(21)11-27-20-6-4-3-5-16(20)15-10-19(25-7-8-26-19)13-24-17(15)12-28-20/h14-17,21H,2-13H2,1H3/t14-,15+,16-,17-,20+/m1/s1. The summed E-state index contributed by atoms with van der Waals surface area (Å²) in [7, 11) is 0. The highest BCUT2D eigenvalue weighted by Crippen LogP contribution is 2.51. The molecule has 3 saturated heterocycles. The Morgan fingerprint density at radius 3 is 2.86 bits per heavy atom. The van der Waals surface area contributed by atoms with Crippen molar-refractivity contribution in [2.45, 2.75) is 69.2 Å². The SMILES string of the molecule is CCOC(=O)C[C@@H](O)CO[C@]12CCCC[C@@H]1[C@@H]1CC3(CO[C@@H]1CO2)OCCO3.